The van der Waals surface area contributed by atoms with Crippen LogP contribution in [0.1, 0.15) is 29.4 Å². The van der Waals surface area contributed by atoms with Gasteiger partial charge in [-0.1, -0.05) is 13.0 Å². The minimum atomic E-state index is 0.123. The summed E-state index contributed by atoms with van der Waals surface area (Å²) in [7, 11) is 0. The van der Waals surface area contributed by atoms with E-state index in [2.05, 4.69) is 11.8 Å². The third-order valence-electron chi connectivity index (χ3n) is 4.65. The van der Waals surface area contributed by atoms with Crippen LogP contribution in [0.25, 0.3) is 0 Å². The maximum atomic E-state index is 12.6. The Hall–Kier alpha value is -0.910. The monoisotopic (exact) mass is 308 g/mol. The molecule has 0 unspecified atom stereocenters. The summed E-state index contributed by atoms with van der Waals surface area (Å²) in [5, 5.41) is 1.97. The number of ether oxygens (including phenoxy) is 1. The van der Waals surface area contributed by atoms with E-state index < -0.39 is 0 Å². The number of likely N-dealkylation sites (tertiary alicyclic amines) is 1. The Labute approximate surface area is 130 Å². The van der Waals surface area contributed by atoms with Crippen molar-refractivity contribution in [3.63, 3.8) is 0 Å². The second kappa shape index (κ2) is 6.46. The molecule has 2 aliphatic heterocycles. The van der Waals surface area contributed by atoms with Crippen molar-refractivity contribution in [3.05, 3.63) is 22.4 Å². The fourth-order valence-electron chi connectivity index (χ4n) is 3.54. The van der Waals surface area contributed by atoms with E-state index in [4.69, 9.17) is 4.74 Å². The van der Waals surface area contributed by atoms with Gasteiger partial charge in [-0.05, 0) is 30.8 Å². The first-order valence-electron chi connectivity index (χ1n) is 7.85. The van der Waals surface area contributed by atoms with E-state index in [1.54, 1.807) is 0 Å². The molecule has 0 aromatic carbocycles. The summed E-state index contributed by atoms with van der Waals surface area (Å²) >= 11 is 1.54. The van der Waals surface area contributed by atoms with E-state index in [0.29, 0.717) is 0 Å². The van der Waals surface area contributed by atoms with Crippen LogP contribution in [0.2, 0.25) is 0 Å². The van der Waals surface area contributed by atoms with Gasteiger partial charge >= 0.3 is 0 Å². The molecule has 1 atom stereocenters. The molecule has 3 rings (SSSR count). The van der Waals surface area contributed by atoms with Crippen molar-refractivity contribution in [3.8, 4) is 0 Å². The summed E-state index contributed by atoms with van der Waals surface area (Å²) in [6.07, 6.45) is 2.25. The van der Waals surface area contributed by atoms with Crippen LogP contribution in [0.15, 0.2) is 17.5 Å². The van der Waals surface area contributed by atoms with E-state index in [1.165, 1.54) is 11.3 Å². The number of likely N-dealkylation sites (N-methyl/N-ethyl adjacent to an activating group) is 1. The van der Waals surface area contributed by atoms with Gasteiger partial charge in [0.1, 0.15) is 0 Å². The summed E-state index contributed by atoms with van der Waals surface area (Å²) in [5.41, 5.74) is 0.123. The van der Waals surface area contributed by atoms with Crippen LogP contribution in [0.4, 0.5) is 0 Å². The van der Waals surface area contributed by atoms with Gasteiger partial charge in [-0.2, -0.15) is 0 Å². The first-order chi connectivity index (χ1) is 10.2. The van der Waals surface area contributed by atoms with Crippen molar-refractivity contribution < 1.29 is 9.53 Å². The Morgan fingerprint density at radius 3 is 3.10 bits per heavy atom. The molecule has 1 aromatic heterocycles. The predicted molar refractivity (Wildman–Crippen MR) is 84.8 cm³/mol. The second-order valence-corrected chi connectivity index (χ2v) is 7.18. The lowest BCUT2D eigenvalue weighted by Crippen LogP contribution is -2.52. The van der Waals surface area contributed by atoms with E-state index in [1.807, 2.05) is 22.4 Å². The van der Waals surface area contributed by atoms with Gasteiger partial charge in [0.25, 0.3) is 5.91 Å². The Morgan fingerprint density at radius 2 is 2.33 bits per heavy atom. The minimum absolute atomic E-state index is 0.123. The van der Waals surface area contributed by atoms with Gasteiger partial charge in [0, 0.05) is 31.6 Å². The molecule has 5 heteroatoms. The fraction of sp³-hybridized carbons (Fsp3) is 0.688. The highest BCUT2D eigenvalue weighted by Crippen LogP contribution is 2.33. The van der Waals surface area contributed by atoms with E-state index in [9.17, 15) is 4.79 Å². The van der Waals surface area contributed by atoms with Crippen LogP contribution >= 0.6 is 11.3 Å². The van der Waals surface area contributed by atoms with Gasteiger partial charge in [0.05, 0.1) is 18.1 Å². The van der Waals surface area contributed by atoms with Crippen molar-refractivity contribution in [2.45, 2.75) is 19.8 Å². The molecule has 3 heterocycles. The molecule has 2 aliphatic rings. The van der Waals surface area contributed by atoms with Gasteiger partial charge in [-0.3, -0.25) is 4.79 Å². The molecule has 2 saturated heterocycles. The smallest absolute Gasteiger partial charge is 0.263 e. The minimum Gasteiger partial charge on any atom is -0.379 e. The van der Waals surface area contributed by atoms with Crippen molar-refractivity contribution in [1.82, 2.24) is 9.80 Å². The first kappa shape index (κ1) is 15.0. The highest BCUT2D eigenvalue weighted by molar-refractivity contribution is 7.12. The number of rotatable bonds is 2. The Kier molecular flexibility index (Phi) is 4.62. The molecule has 0 bridgehead atoms. The molecule has 0 aliphatic carbocycles. The highest BCUT2D eigenvalue weighted by atomic mass is 32.1. The van der Waals surface area contributed by atoms with E-state index >= 15 is 0 Å². The Balaban J connectivity index is 1.73. The Morgan fingerprint density at radius 1 is 1.43 bits per heavy atom. The van der Waals surface area contributed by atoms with Crippen LogP contribution in [-0.2, 0) is 4.74 Å². The zero-order chi connectivity index (χ0) is 14.7. The van der Waals surface area contributed by atoms with Gasteiger partial charge in [-0.15, -0.1) is 11.3 Å². The molecule has 0 radical (unpaired) electrons. The van der Waals surface area contributed by atoms with Gasteiger partial charge in [-0.25, -0.2) is 0 Å². The van der Waals surface area contributed by atoms with Crippen molar-refractivity contribution >= 4 is 17.2 Å². The number of thiophene rings is 1. The topological polar surface area (TPSA) is 32.8 Å². The van der Waals surface area contributed by atoms with Crippen LogP contribution in [0.5, 0.6) is 0 Å². The molecule has 116 valence electrons. The quantitative estimate of drug-likeness (QED) is 0.840. The number of hydrogen-bond donors (Lipinski definition) is 0. The summed E-state index contributed by atoms with van der Waals surface area (Å²) in [5.74, 6) is 0.191. The molecular formula is C16H24N2O2S. The summed E-state index contributed by atoms with van der Waals surface area (Å²) in [6, 6.07) is 3.88. The van der Waals surface area contributed by atoms with E-state index in [-0.39, 0.29) is 11.3 Å². The summed E-state index contributed by atoms with van der Waals surface area (Å²) in [4.78, 5) is 18.0. The molecule has 2 fully saturated rings. The maximum absolute atomic E-state index is 12.6. The van der Waals surface area contributed by atoms with Gasteiger partial charge in [0.2, 0.25) is 0 Å². The number of carbonyl (C=O) groups is 1. The molecule has 21 heavy (non-hydrogen) atoms. The number of amides is 1. The lowest BCUT2D eigenvalue weighted by molar-refractivity contribution is 0.00787. The zero-order valence-electron chi connectivity index (χ0n) is 12.7. The summed E-state index contributed by atoms with van der Waals surface area (Å²) < 4.78 is 5.86. The van der Waals surface area contributed by atoms with E-state index in [0.717, 1.165) is 63.7 Å². The van der Waals surface area contributed by atoms with Crippen molar-refractivity contribution in [1.29, 1.82) is 0 Å². The van der Waals surface area contributed by atoms with Gasteiger partial charge in [0.15, 0.2) is 0 Å². The number of hydrogen-bond acceptors (Lipinski definition) is 4. The van der Waals surface area contributed by atoms with Crippen molar-refractivity contribution in [2.24, 2.45) is 5.41 Å². The molecule has 1 spiro atoms. The van der Waals surface area contributed by atoms with Crippen LogP contribution in [-0.4, -0.2) is 61.6 Å². The molecule has 0 saturated carbocycles. The average molecular weight is 308 g/mol. The third kappa shape index (κ3) is 3.30. The SMILES string of the molecule is CCN1CCOC[C@]2(CCCN(C(=O)c3cccs3)C2)C1. The number of nitrogens with zero attached hydrogens (tertiary/aromatic N) is 2. The molecule has 0 N–H and O–H groups in total. The van der Waals surface area contributed by atoms with Crippen LogP contribution in [0, 0.1) is 5.41 Å². The fourth-order valence-corrected chi connectivity index (χ4v) is 4.23. The number of piperidine rings is 1. The molecule has 1 aromatic rings. The lowest BCUT2D eigenvalue weighted by atomic mass is 9.80. The highest BCUT2D eigenvalue weighted by Gasteiger charge is 2.40. The number of carbonyl (C=O) groups excluding carboxylic acids is 1. The summed E-state index contributed by atoms with van der Waals surface area (Å²) in [6.45, 7) is 8.65. The predicted octanol–water partition coefficient (Wildman–Crippen LogP) is 2.32. The van der Waals surface area contributed by atoms with Crippen LogP contribution < -0.4 is 0 Å². The second-order valence-electron chi connectivity index (χ2n) is 6.23. The largest absolute Gasteiger partial charge is 0.379 e. The molecule has 4 nitrogen and oxygen atoms in total. The normalized spacial score (nSPS) is 27.8. The average Bonchev–Trinajstić information content (AvgIpc) is 2.97. The zero-order valence-corrected chi connectivity index (χ0v) is 13.5. The standard InChI is InChI=1S/C16H24N2O2S/c1-2-17-8-9-20-13-16(11-17)6-4-7-18(12-16)15(19)14-5-3-10-21-14/h3,5,10H,2,4,6-9,11-13H2,1H3/t16-/m1/s1. The maximum Gasteiger partial charge on any atom is 0.263 e. The third-order valence-corrected chi connectivity index (χ3v) is 5.50. The van der Waals surface area contributed by atoms with Crippen LogP contribution in [0.3, 0.4) is 0 Å². The Bertz CT molecular complexity index is 477. The first-order valence-corrected chi connectivity index (χ1v) is 8.73. The van der Waals surface area contributed by atoms with Gasteiger partial charge < -0.3 is 14.5 Å². The molecule has 1 amide bonds. The van der Waals surface area contributed by atoms with Crippen molar-refractivity contribution in [2.75, 3.05) is 45.9 Å². The lowest BCUT2D eigenvalue weighted by Gasteiger charge is -2.43. The molecular weight excluding hydrogens is 284 g/mol.